The van der Waals surface area contributed by atoms with Crippen LogP contribution >= 0.6 is 0 Å². The second-order valence-electron chi connectivity index (χ2n) is 3.05. The molecule has 0 aliphatic heterocycles. The van der Waals surface area contributed by atoms with Crippen LogP contribution < -0.4 is 10.5 Å². The van der Waals surface area contributed by atoms with Crippen molar-refractivity contribution in [2.45, 2.75) is 4.90 Å². The van der Waals surface area contributed by atoms with Crippen LogP contribution in [0.5, 0.6) is 0 Å². The topological polar surface area (TPSA) is 96.0 Å². The lowest BCUT2D eigenvalue weighted by molar-refractivity contribution is 0.495. The summed E-state index contributed by atoms with van der Waals surface area (Å²) in [4.78, 5) is -1.31. The van der Waals surface area contributed by atoms with Crippen molar-refractivity contribution in [1.29, 1.82) is 5.41 Å². The summed E-state index contributed by atoms with van der Waals surface area (Å²) < 4.78 is 63.4. The molecule has 0 unspecified atom stereocenters. The van der Waals surface area contributed by atoms with E-state index in [0.29, 0.717) is 0 Å². The Balaban J connectivity index is 3.20. The first-order chi connectivity index (χ1) is 7.74. The van der Waals surface area contributed by atoms with Gasteiger partial charge in [0.05, 0.1) is 6.54 Å². The molecule has 1 aromatic carbocycles. The average Bonchev–Trinajstić information content (AvgIpc) is 2.12. The molecule has 0 fully saturated rings. The van der Waals surface area contributed by atoms with Crippen molar-refractivity contribution in [2.75, 3.05) is 6.54 Å². The highest BCUT2D eigenvalue weighted by Gasteiger charge is 2.24. The smallest absolute Gasteiger partial charge is 0.246 e. The van der Waals surface area contributed by atoms with Crippen LogP contribution in [0.2, 0.25) is 0 Å². The Morgan fingerprint density at radius 1 is 1.29 bits per heavy atom. The first-order valence-electron chi connectivity index (χ1n) is 4.21. The number of halogens is 3. The van der Waals surface area contributed by atoms with Gasteiger partial charge in [-0.1, -0.05) is 0 Å². The molecule has 0 aliphatic carbocycles. The minimum Gasteiger partial charge on any atom is -0.387 e. The normalized spacial score (nSPS) is 11.5. The van der Waals surface area contributed by atoms with Crippen molar-refractivity contribution in [3.05, 3.63) is 29.6 Å². The molecule has 0 saturated carbocycles. The summed E-state index contributed by atoms with van der Waals surface area (Å²) >= 11 is 0. The number of rotatable bonds is 4. The molecule has 0 amide bonds. The molecule has 0 bridgehead atoms. The van der Waals surface area contributed by atoms with Gasteiger partial charge in [0.25, 0.3) is 0 Å². The molecular weight excluding hydrogens is 259 g/mol. The van der Waals surface area contributed by atoms with Gasteiger partial charge < -0.3 is 5.73 Å². The molecule has 0 heterocycles. The number of benzene rings is 1. The van der Waals surface area contributed by atoms with E-state index in [1.54, 1.807) is 4.72 Å². The van der Waals surface area contributed by atoms with Crippen LogP contribution in [0.3, 0.4) is 0 Å². The number of hydrogen-bond donors (Lipinski definition) is 3. The van der Waals surface area contributed by atoms with Crippen LogP contribution in [0.25, 0.3) is 0 Å². The Labute approximate surface area is 95.0 Å². The molecule has 0 aromatic heterocycles. The SMILES string of the molecule is N=C(N)CNS(=O)(=O)c1c(F)cc(F)cc1F. The molecule has 5 nitrogen and oxygen atoms in total. The monoisotopic (exact) mass is 267 g/mol. The lowest BCUT2D eigenvalue weighted by Gasteiger charge is -2.07. The van der Waals surface area contributed by atoms with E-state index in [0.717, 1.165) is 0 Å². The van der Waals surface area contributed by atoms with Crippen LogP contribution in [-0.2, 0) is 10.0 Å². The number of hydrogen-bond acceptors (Lipinski definition) is 3. The Kier molecular flexibility index (Phi) is 3.73. The molecular formula is C8H8F3N3O2S. The second-order valence-corrected chi connectivity index (χ2v) is 4.75. The fourth-order valence-electron chi connectivity index (χ4n) is 1.03. The molecule has 9 heteroatoms. The summed E-state index contributed by atoms with van der Waals surface area (Å²) in [6, 6.07) is 0.483. The van der Waals surface area contributed by atoms with Crippen LogP contribution in [0.15, 0.2) is 17.0 Å². The van der Waals surface area contributed by atoms with Gasteiger partial charge in [-0.25, -0.2) is 26.3 Å². The van der Waals surface area contributed by atoms with Crippen molar-refractivity contribution in [3.8, 4) is 0 Å². The van der Waals surface area contributed by atoms with Crippen molar-refractivity contribution >= 4 is 15.9 Å². The first-order valence-corrected chi connectivity index (χ1v) is 5.69. The fraction of sp³-hybridized carbons (Fsp3) is 0.125. The van der Waals surface area contributed by atoms with E-state index in [4.69, 9.17) is 11.1 Å². The highest BCUT2D eigenvalue weighted by atomic mass is 32.2. The zero-order valence-electron chi connectivity index (χ0n) is 8.30. The van der Waals surface area contributed by atoms with Crippen LogP contribution in [0.4, 0.5) is 13.2 Å². The highest BCUT2D eigenvalue weighted by molar-refractivity contribution is 7.89. The molecule has 4 N–H and O–H groups in total. The van der Waals surface area contributed by atoms with Crippen molar-refractivity contribution in [3.63, 3.8) is 0 Å². The molecule has 17 heavy (non-hydrogen) atoms. The molecule has 1 aromatic rings. The number of nitrogens with one attached hydrogen (secondary N) is 2. The maximum Gasteiger partial charge on any atom is 0.246 e. The molecule has 0 radical (unpaired) electrons. The summed E-state index contributed by atoms with van der Waals surface area (Å²) in [5.74, 6) is -4.88. The predicted molar refractivity (Wildman–Crippen MR) is 53.4 cm³/mol. The van der Waals surface area contributed by atoms with E-state index in [1.165, 1.54) is 0 Å². The van der Waals surface area contributed by atoms with E-state index >= 15 is 0 Å². The van der Waals surface area contributed by atoms with Gasteiger partial charge in [0.1, 0.15) is 23.3 Å². The summed E-state index contributed by atoms with van der Waals surface area (Å²) in [5, 5.41) is 6.78. The third-order valence-electron chi connectivity index (χ3n) is 1.68. The van der Waals surface area contributed by atoms with Crippen molar-refractivity contribution in [1.82, 2.24) is 4.72 Å². The van der Waals surface area contributed by atoms with E-state index in [1.807, 2.05) is 0 Å². The standard InChI is InChI=1S/C8H8F3N3O2S/c9-4-1-5(10)8(6(11)2-4)17(15,16)14-3-7(12)13/h1-2,14H,3H2,(H3,12,13). The lowest BCUT2D eigenvalue weighted by atomic mass is 10.3. The van der Waals surface area contributed by atoms with Crippen LogP contribution in [0.1, 0.15) is 0 Å². The Bertz CT molecular complexity index is 536. The first kappa shape index (κ1) is 13.5. The van der Waals surface area contributed by atoms with Gasteiger partial charge in [-0.2, -0.15) is 0 Å². The second kappa shape index (κ2) is 4.72. The molecule has 0 atom stereocenters. The Morgan fingerprint density at radius 3 is 2.18 bits per heavy atom. The van der Waals surface area contributed by atoms with Crippen molar-refractivity contribution < 1.29 is 21.6 Å². The van der Waals surface area contributed by atoms with Gasteiger partial charge in [0.15, 0.2) is 4.90 Å². The molecule has 94 valence electrons. The highest BCUT2D eigenvalue weighted by Crippen LogP contribution is 2.19. The molecule has 0 spiro atoms. The van der Waals surface area contributed by atoms with Gasteiger partial charge in [0, 0.05) is 12.1 Å². The zero-order valence-corrected chi connectivity index (χ0v) is 9.11. The van der Waals surface area contributed by atoms with Gasteiger partial charge in [0.2, 0.25) is 10.0 Å². The molecule has 0 aliphatic rings. The largest absolute Gasteiger partial charge is 0.387 e. The van der Waals surface area contributed by atoms with E-state index in [9.17, 15) is 21.6 Å². The van der Waals surface area contributed by atoms with E-state index in [2.05, 4.69) is 0 Å². The number of sulfonamides is 1. The van der Waals surface area contributed by atoms with Gasteiger partial charge in [-0.3, -0.25) is 5.41 Å². The maximum atomic E-state index is 13.1. The predicted octanol–water partition coefficient (Wildman–Crippen LogP) is 0.318. The van der Waals surface area contributed by atoms with Crippen molar-refractivity contribution in [2.24, 2.45) is 5.73 Å². The van der Waals surface area contributed by atoms with E-state index in [-0.39, 0.29) is 12.1 Å². The quantitative estimate of drug-likeness (QED) is 0.541. The zero-order chi connectivity index (χ0) is 13.2. The minimum absolute atomic E-state index is 0.241. The third kappa shape index (κ3) is 3.17. The Hall–Kier alpha value is -1.61. The van der Waals surface area contributed by atoms with Crippen LogP contribution in [-0.4, -0.2) is 20.8 Å². The van der Waals surface area contributed by atoms with E-state index < -0.39 is 44.8 Å². The summed E-state index contributed by atoms with van der Waals surface area (Å²) in [6.45, 7) is -0.599. The number of amidine groups is 1. The molecule has 0 saturated heterocycles. The summed E-state index contributed by atoms with van der Waals surface area (Å²) in [6.07, 6.45) is 0. The lowest BCUT2D eigenvalue weighted by Crippen LogP contribution is -2.33. The van der Waals surface area contributed by atoms with Gasteiger partial charge in [-0.05, 0) is 0 Å². The number of nitrogens with two attached hydrogens (primary N) is 1. The van der Waals surface area contributed by atoms with Gasteiger partial charge >= 0.3 is 0 Å². The maximum absolute atomic E-state index is 13.1. The van der Waals surface area contributed by atoms with Gasteiger partial charge in [-0.15, -0.1) is 0 Å². The minimum atomic E-state index is -4.52. The summed E-state index contributed by atoms with van der Waals surface area (Å²) in [7, 11) is -4.52. The molecule has 1 rings (SSSR count). The summed E-state index contributed by atoms with van der Waals surface area (Å²) in [5.41, 5.74) is 4.89. The fourth-order valence-corrected chi connectivity index (χ4v) is 2.15. The Morgan fingerprint density at radius 2 is 1.76 bits per heavy atom. The third-order valence-corrected chi connectivity index (χ3v) is 3.14. The van der Waals surface area contributed by atoms with Crippen LogP contribution in [0, 0.1) is 22.9 Å². The average molecular weight is 267 g/mol.